The van der Waals surface area contributed by atoms with Crippen molar-refractivity contribution < 1.29 is 4.74 Å². The van der Waals surface area contributed by atoms with Crippen molar-refractivity contribution in [1.29, 1.82) is 0 Å². The minimum Gasteiger partial charge on any atom is -0.381 e. The van der Waals surface area contributed by atoms with Gasteiger partial charge in [0, 0.05) is 31.4 Å². The molecule has 5 nitrogen and oxygen atoms in total. The molecule has 0 aliphatic carbocycles. The number of rotatable bonds is 5. The molecule has 2 rings (SSSR count). The Balaban J connectivity index is 2.20. The molecule has 0 bridgehead atoms. The van der Waals surface area contributed by atoms with Crippen molar-refractivity contribution in [3.63, 3.8) is 0 Å². The second-order valence-electron chi connectivity index (χ2n) is 5.20. The summed E-state index contributed by atoms with van der Waals surface area (Å²) in [6.07, 6.45) is 3.71. The highest BCUT2D eigenvalue weighted by Crippen LogP contribution is 2.29. The molecule has 1 fully saturated rings. The number of nitrogens with zero attached hydrogens (tertiary/aromatic N) is 2. The standard InChI is InChI=1S/C14H24N4O/c1-4-15-13-12(10(2)3)14(17-9-16-13)18-11-5-7-19-8-6-11/h9-11H,4-8H2,1-3H3,(H2,15,16,17,18). The Morgan fingerprint density at radius 3 is 2.58 bits per heavy atom. The molecule has 5 heteroatoms. The summed E-state index contributed by atoms with van der Waals surface area (Å²) in [5.41, 5.74) is 1.18. The first-order valence-electron chi connectivity index (χ1n) is 7.15. The van der Waals surface area contributed by atoms with Gasteiger partial charge in [0.1, 0.15) is 18.0 Å². The second-order valence-corrected chi connectivity index (χ2v) is 5.20. The van der Waals surface area contributed by atoms with Gasteiger partial charge in [-0.3, -0.25) is 0 Å². The van der Waals surface area contributed by atoms with Gasteiger partial charge in [-0.25, -0.2) is 9.97 Å². The van der Waals surface area contributed by atoms with Crippen molar-refractivity contribution in [2.24, 2.45) is 0 Å². The number of nitrogens with one attached hydrogen (secondary N) is 2. The largest absolute Gasteiger partial charge is 0.381 e. The minimum atomic E-state index is 0.387. The third-order valence-electron chi connectivity index (χ3n) is 3.37. The van der Waals surface area contributed by atoms with E-state index in [2.05, 4.69) is 41.4 Å². The van der Waals surface area contributed by atoms with Crippen LogP contribution < -0.4 is 10.6 Å². The number of hydrogen-bond acceptors (Lipinski definition) is 5. The molecular weight excluding hydrogens is 240 g/mol. The Bertz CT molecular complexity index is 402. The molecule has 1 aromatic heterocycles. The monoisotopic (exact) mass is 264 g/mol. The number of aromatic nitrogens is 2. The topological polar surface area (TPSA) is 59.1 Å². The first kappa shape index (κ1) is 14.1. The molecule has 0 saturated carbocycles. The van der Waals surface area contributed by atoms with Crippen LogP contribution in [0.4, 0.5) is 11.6 Å². The zero-order valence-electron chi connectivity index (χ0n) is 12.1. The van der Waals surface area contributed by atoms with Crippen molar-refractivity contribution in [2.75, 3.05) is 30.4 Å². The zero-order chi connectivity index (χ0) is 13.7. The molecule has 1 aliphatic heterocycles. The molecule has 0 atom stereocenters. The van der Waals surface area contributed by atoms with Gasteiger partial charge in [0.2, 0.25) is 0 Å². The van der Waals surface area contributed by atoms with Crippen LogP contribution >= 0.6 is 0 Å². The quantitative estimate of drug-likeness (QED) is 0.856. The number of ether oxygens (including phenoxy) is 1. The molecule has 0 unspecified atom stereocenters. The lowest BCUT2D eigenvalue weighted by Crippen LogP contribution is -2.29. The summed E-state index contributed by atoms with van der Waals surface area (Å²) in [4.78, 5) is 8.79. The van der Waals surface area contributed by atoms with Crippen LogP contribution in [0.3, 0.4) is 0 Å². The fourth-order valence-electron chi connectivity index (χ4n) is 2.40. The molecule has 0 aromatic carbocycles. The Morgan fingerprint density at radius 1 is 1.26 bits per heavy atom. The van der Waals surface area contributed by atoms with E-state index in [9.17, 15) is 0 Å². The average Bonchev–Trinajstić information content (AvgIpc) is 2.40. The molecular formula is C14H24N4O. The summed E-state index contributed by atoms with van der Waals surface area (Å²) in [6.45, 7) is 8.97. The minimum absolute atomic E-state index is 0.387. The molecule has 1 saturated heterocycles. The maximum Gasteiger partial charge on any atom is 0.135 e. The summed E-state index contributed by atoms with van der Waals surface area (Å²) >= 11 is 0. The van der Waals surface area contributed by atoms with Gasteiger partial charge < -0.3 is 15.4 Å². The van der Waals surface area contributed by atoms with Crippen molar-refractivity contribution in [3.8, 4) is 0 Å². The smallest absolute Gasteiger partial charge is 0.135 e. The van der Waals surface area contributed by atoms with Crippen molar-refractivity contribution in [2.45, 2.75) is 45.6 Å². The van der Waals surface area contributed by atoms with E-state index < -0.39 is 0 Å². The first-order chi connectivity index (χ1) is 9.22. The molecule has 1 aromatic rings. The van der Waals surface area contributed by atoms with E-state index in [4.69, 9.17) is 4.74 Å². The van der Waals surface area contributed by atoms with Crippen molar-refractivity contribution >= 4 is 11.6 Å². The summed E-state index contributed by atoms with van der Waals surface area (Å²) in [6, 6.07) is 0.454. The molecule has 1 aliphatic rings. The normalized spacial score (nSPS) is 16.6. The summed E-state index contributed by atoms with van der Waals surface area (Å²) < 4.78 is 5.39. The highest BCUT2D eigenvalue weighted by molar-refractivity contribution is 5.59. The number of hydrogen-bond donors (Lipinski definition) is 2. The van der Waals surface area contributed by atoms with Crippen LogP contribution in [0.2, 0.25) is 0 Å². The zero-order valence-corrected chi connectivity index (χ0v) is 12.1. The molecule has 2 N–H and O–H groups in total. The van der Waals surface area contributed by atoms with E-state index in [1.165, 1.54) is 5.56 Å². The maximum absolute atomic E-state index is 5.39. The van der Waals surface area contributed by atoms with Crippen LogP contribution in [0, 0.1) is 0 Å². The lowest BCUT2D eigenvalue weighted by Gasteiger charge is -2.26. The van der Waals surface area contributed by atoms with Crippen LogP contribution in [0.1, 0.15) is 45.1 Å². The molecule has 106 valence electrons. The summed E-state index contributed by atoms with van der Waals surface area (Å²) in [7, 11) is 0. The molecule has 0 spiro atoms. The lowest BCUT2D eigenvalue weighted by atomic mass is 10.0. The fourth-order valence-corrected chi connectivity index (χ4v) is 2.40. The van der Waals surface area contributed by atoms with E-state index in [1.54, 1.807) is 6.33 Å². The Morgan fingerprint density at radius 2 is 1.95 bits per heavy atom. The number of anilines is 2. The lowest BCUT2D eigenvalue weighted by molar-refractivity contribution is 0.0903. The van der Waals surface area contributed by atoms with Crippen LogP contribution in [-0.2, 0) is 4.74 Å². The van der Waals surface area contributed by atoms with E-state index in [0.717, 1.165) is 44.2 Å². The van der Waals surface area contributed by atoms with E-state index >= 15 is 0 Å². The van der Waals surface area contributed by atoms with Gasteiger partial charge in [-0.1, -0.05) is 13.8 Å². The van der Waals surface area contributed by atoms with E-state index in [1.807, 2.05) is 0 Å². The Hall–Kier alpha value is -1.36. The second kappa shape index (κ2) is 6.70. The van der Waals surface area contributed by atoms with Gasteiger partial charge in [-0.2, -0.15) is 0 Å². The maximum atomic E-state index is 5.39. The van der Waals surface area contributed by atoms with Crippen LogP contribution in [0.5, 0.6) is 0 Å². The molecule has 0 radical (unpaired) electrons. The Kier molecular flexibility index (Phi) is 4.96. The van der Waals surface area contributed by atoms with Gasteiger partial charge in [0.15, 0.2) is 0 Å². The van der Waals surface area contributed by atoms with Crippen LogP contribution in [-0.4, -0.2) is 35.8 Å². The van der Waals surface area contributed by atoms with Gasteiger partial charge in [0.25, 0.3) is 0 Å². The van der Waals surface area contributed by atoms with Crippen LogP contribution in [0.25, 0.3) is 0 Å². The fraction of sp³-hybridized carbons (Fsp3) is 0.714. The summed E-state index contributed by atoms with van der Waals surface area (Å²) in [5.74, 6) is 2.30. The van der Waals surface area contributed by atoms with Gasteiger partial charge in [-0.15, -0.1) is 0 Å². The Labute approximate surface area is 115 Å². The van der Waals surface area contributed by atoms with Crippen molar-refractivity contribution in [1.82, 2.24) is 9.97 Å². The molecule has 19 heavy (non-hydrogen) atoms. The van der Waals surface area contributed by atoms with Crippen LogP contribution in [0.15, 0.2) is 6.33 Å². The van der Waals surface area contributed by atoms with Crippen molar-refractivity contribution in [3.05, 3.63) is 11.9 Å². The highest BCUT2D eigenvalue weighted by Gasteiger charge is 2.19. The van der Waals surface area contributed by atoms with E-state index in [0.29, 0.717) is 12.0 Å². The average molecular weight is 264 g/mol. The van der Waals surface area contributed by atoms with Gasteiger partial charge in [0.05, 0.1) is 0 Å². The highest BCUT2D eigenvalue weighted by atomic mass is 16.5. The first-order valence-corrected chi connectivity index (χ1v) is 7.15. The predicted molar refractivity (Wildman–Crippen MR) is 77.7 cm³/mol. The van der Waals surface area contributed by atoms with Gasteiger partial charge in [-0.05, 0) is 25.7 Å². The SMILES string of the molecule is CCNc1ncnc(NC2CCOCC2)c1C(C)C. The predicted octanol–water partition coefficient (Wildman–Crippen LogP) is 2.62. The molecule has 0 amide bonds. The summed E-state index contributed by atoms with van der Waals surface area (Å²) in [5, 5.41) is 6.88. The third kappa shape index (κ3) is 3.56. The van der Waals surface area contributed by atoms with Gasteiger partial charge >= 0.3 is 0 Å². The third-order valence-corrected chi connectivity index (χ3v) is 3.37. The molecule has 2 heterocycles. The van der Waals surface area contributed by atoms with E-state index in [-0.39, 0.29) is 0 Å².